The quantitative estimate of drug-likeness (QED) is 0.0555. The van der Waals surface area contributed by atoms with Crippen LogP contribution in [0.3, 0.4) is 0 Å². The first-order valence-corrected chi connectivity index (χ1v) is 15.4. The van der Waals surface area contributed by atoms with E-state index >= 15 is 0 Å². The fourth-order valence-corrected chi connectivity index (χ4v) is 4.67. The standard InChI is InChI=1S/C28H50N2O15/c1-16(33)17(30-21(35)10-4-7-12-41-27-24(38)23(37)22(36)18(14-31)43-27)8-2-5-11-29-20(34)9-3-6-13-42-28-26(40)45-25(39)19(15-32)44-28/h17-19,22-28,31-32,36-40H,2-15H2,1H3,(H,29,34)(H,30,35). The van der Waals surface area contributed by atoms with E-state index < -0.39 is 74.9 Å². The molecule has 0 aromatic heterocycles. The van der Waals surface area contributed by atoms with Gasteiger partial charge >= 0.3 is 0 Å². The van der Waals surface area contributed by atoms with Crippen LogP contribution in [-0.4, -0.2) is 148 Å². The number of aliphatic hydroxyl groups excluding tert-OH is 7. The van der Waals surface area contributed by atoms with Crippen molar-refractivity contribution < 1.29 is 73.8 Å². The highest BCUT2D eigenvalue weighted by atomic mass is 16.8. The Balaban J connectivity index is 1.51. The molecule has 10 atom stereocenters. The van der Waals surface area contributed by atoms with Crippen LogP contribution in [-0.2, 0) is 38.1 Å². The van der Waals surface area contributed by atoms with E-state index in [0.29, 0.717) is 51.5 Å². The number of ether oxygens (including phenoxy) is 5. The van der Waals surface area contributed by atoms with Crippen molar-refractivity contribution in [2.45, 2.75) is 126 Å². The normalized spacial score (nSPS) is 30.9. The van der Waals surface area contributed by atoms with E-state index in [1.54, 1.807) is 0 Å². The van der Waals surface area contributed by atoms with Gasteiger partial charge in [0.1, 0.15) is 30.5 Å². The molecule has 17 heteroatoms. The maximum absolute atomic E-state index is 12.3. The molecule has 0 bridgehead atoms. The van der Waals surface area contributed by atoms with Gasteiger partial charge in [0, 0.05) is 32.6 Å². The number of rotatable bonds is 21. The number of ketones is 1. The molecule has 2 aliphatic rings. The molecule has 9 N–H and O–H groups in total. The van der Waals surface area contributed by atoms with E-state index in [0.717, 1.165) is 0 Å². The molecule has 17 nitrogen and oxygen atoms in total. The van der Waals surface area contributed by atoms with Crippen LogP contribution < -0.4 is 10.6 Å². The minimum Gasteiger partial charge on any atom is -0.394 e. The van der Waals surface area contributed by atoms with Crippen molar-refractivity contribution >= 4 is 17.6 Å². The van der Waals surface area contributed by atoms with Gasteiger partial charge in [-0.25, -0.2) is 0 Å². The SMILES string of the molecule is CC(=O)C(CCCCNC(=O)CCCCOC1OC(CO)C(O)OC1O)NC(=O)CCCCOC1OC(CO)C(O)C(O)C1O. The molecule has 0 saturated carbocycles. The fourth-order valence-electron chi connectivity index (χ4n) is 4.67. The number of hydrogen-bond donors (Lipinski definition) is 9. The number of Topliss-reactive ketones (excluding diaryl/α,β-unsaturated/α-hetero) is 1. The van der Waals surface area contributed by atoms with Gasteiger partial charge in [0.25, 0.3) is 0 Å². The zero-order chi connectivity index (χ0) is 33.4. The highest BCUT2D eigenvalue weighted by Gasteiger charge is 2.44. The molecule has 45 heavy (non-hydrogen) atoms. The minimum absolute atomic E-state index is 0.0954. The van der Waals surface area contributed by atoms with Crippen LogP contribution >= 0.6 is 0 Å². The molecule has 2 saturated heterocycles. The van der Waals surface area contributed by atoms with E-state index in [9.17, 15) is 45.0 Å². The Morgan fingerprint density at radius 2 is 1.29 bits per heavy atom. The number of aliphatic hydroxyl groups is 7. The lowest BCUT2D eigenvalue weighted by Crippen LogP contribution is -2.59. The lowest BCUT2D eigenvalue weighted by molar-refractivity contribution is -0.387. The summed E-state index contributed by atoms with van der Waals surface area (Å²) in [5.74, 6) is -0.632. The summed E-state index contributed by atoms with van der Waals surface area (Å²) in [5, 5.41) is 72.7. The molecule has 0 aliphatic carbocycles. The number of hydrogen-bond acceptors (Lipinski definition) is 15. The van der Waals surface area contributed by atoms with Gasteiger partial charge in [0.2, 0.25) is 24.4 Å². The summed E-state index contributed by atoms with van der Waals surface area (Å²) in [5.41, 5.74) is 0. The van der Waals surface area contributed by atoms with E-state index in [2.05, 4.69) is 10.6 Å². The van der Waals surface area contributed by atoms with Gasteiger partial charge in [-0.1, -0.05) is 0 Å². The topological polar surface area (TPSA) is 263 Å². The van der Waals surface area contributed by atoms with Gasteiger partial charge in [-0.15, -0.1) is 0 Å². The van der Waals surface area contributed by atoms with Gasteiger partial charge in [-0.3, -0.25) is 14.4 Å². The van der Waals surface area contributed by atoms with Crippen LogP contribution in [0.25, 0.3) is 0 Å². The number of amides is 2. The molecular weight excluding hydrogens is 604 g/mol. The first-order chi connectivity index (χ1) is 21.5. The predicted molar refractivity (Wildman–Crippen MR) is 152 cm³/mol. The van der Waals surface area contributed by atoms with Crippen molar-refractivity contribution in [1.29, 1.82) is 0 Å². The zero-order valence-electron chi connectivity index (χ0n) is 25.6. The summed E-state index contributed by atoms with van der Waals surface area (Å²) in [6, 6.07) is -0.647. The highest BCUT2D eigenvalue weighted by molar-refractivity contribution is 5.87. The van der Waals surface area contributed by atoms with Gasteiger partial charge in [-0.2, -0.15) is 0 Å². The third-order valence-electron chi connectivity index (χ3n) is 7.40. The van der Waals surface area contributed by atoms with E-state index in [4.69, 9.17) is 28.8 Å². The highest BCUT2D eigenvalue weighted by Crippen LogP contribution is 2.22. The van der Waals surface area contributed by atoms with Crippen LogP contribution in [0.4, 0.5) is 0 Å². The van der Waals surface area contributed by atoms with E-state index in [-0.39, 0.29) is 43.7 Å². The van der Waals surface area contributed by atoms with E-state index in [1.165, 1.54) is 6.92 Å². The molecular formula is C28H50N2O15. The van der Waals surface area contributed by atoms with Gasteiger partial charge in [-0.05, 0) is 51.9 Å². The number of nitrogens with one attached hydrogen (secondary N) is 2. The monoisotopic (exact) mass is 654 g/mol. The Labute approximate surface area is 261 Å². The first-order valence-electron chi connectivity index (χ1n) is 15.4. The lowest BCUT2D eigenvalue weighted by atomic mass is 9.99. The number of carbonyl (C=O) groups is 3. The van der Waals surface area contributed by atoms with Crippen molar-refractivity contribution in [1.82, 2.24) is 10.6 Å². The van der Waals surface area contributed by atoms with Crippen molar-refractivity contribution in [3.8, 4) is 0 Å². The van der Waals surface area contributed by atoms with Gasteiger partial charge in [0.05, 0.1) is 19.3 Å². The smallest absolute Gasteiger partial charge is 0.220 e. The van der Waals surface area contributed by atoms with Gasteiger partial charge in [0.15, 0.2) is 18.4 Å². The van der Waals surface area contributed by atoms with Crippen molar-refractivity contribution in [3.05, 3.63) is 0 Å². The third kappa shape index (κ3) is 13.8. The maximum Gasteiger partial charge on any atom is 0.220 e. The summed E-state index contributed by atoms with van der Waals surface area (Å²) in [7, 11) is 0. The Morgan fingerprint density at radius 1 is 0.689 bits per heavy atom. The predicted octanol–water partition coefficient (Wildman–Crippen LogP) is -3.11. The number of carbonyl (C=O) groups excluding carboxylic acids is 3. The molecule has 2 heterocycles. The minimum atomic E-state index is -1.53. The Bertz CT molecular complexity index is 881. The first kappa shape index (κ1) is 39.3. The average Bonchev–Trinajstić information content (AvgIpc) is 3.00. The van der Waals surface area contributed by atoms with Crippen LogP contribution in [0.15, 0.2) is 0 Å². The van der Waals surface area contributed by atoms with Crippen LogP contribution in [0.1, 0.15) is 64.7 Å². The second-order valence-corrected chi connectivity index (χ2v) is 11.1. The summed E-state index contributed by atoms with van der Waals surface area (Å²) in [6.45, 7) is 1.01. The second kappa shape index (κ2) is 21.1. The van der Waals surface area contributed by atoms with Crippen LogP contribution in [0.5, 0.6) is 0 Å². The molecule has 0 aromatic rings. The molecule has 2 amide bonds. The molecule has 262 valence electrons. The summed E-state index contributed by atoms with van der Waals surface area (Å²) in [6.07, 6.45) is -8.05. The van der Waals surface area contributed by atoms with Crippen LogP contribution in [0, 0.1) is 0 Å². The van der Waals surface area contributed by atoms with Crippen molar-refractivity contribution in [2.75, 3.05) is 33.0 Å². The van der Waals surface area contributed by atoms with Crippen LogP contribution in [0.2, 0.25) is 0 Å². The third-order valence-corrected chi connectivity index (χ3v) is 7.40. The Morgan fingerprint density at radius 3 is 1.91 bits per heavy atom. The maximum atomic E-state index is 12.3. The average molecular weight is 655 g/mol. The molecule has 2 rings (SSSR count). The molecule has 0 aromatic carbocycles. The molecule has 2 fully saturated rings. The summed E-state index contributed by atoms with van der Waals surface area (Å²) < 4.78 is 26.1. The van der Waals surface area contributed by atoms with Crippen molar-refractivity contribution in [2.24, 2.45) is 0 Å². The molecule has 2 aliphatic heterocycles. The Hall–Kier alpha value is -1.87. The fraction of sp³-hybridized carbons (Fsp3) is 0.893. The lowest BCUT2D eigenvalue weighted by Gasteiger charge is -2.39. The summed E-state index contributed by atoms with van der Waals surface area (Å²) in [4.78, 5) is 36.4. The zero-order valence-corrected chi connectivity index (χ0v) is 25.6. The number of unbranched alkanes of at least 4 members (excludes halogenated alkanes) is 3. The van der Waals surface area contributed by atoms with E-state index in [1.807, 2.05) is 0 Å². The molecule has 0 spiro atoms. The van der Waals surface area contributed by atoms with Gasteiger partial charge < -0.3 is 70.1 Å². The second-order valence-electron chi connectivity index (χ2n) is 11.1. The largest absolute Gasteiger partial charge is 0.394 e. The van der Waals surface area contributed by atoms with Crippen molar-refractivity contribution in [3.63, 3.8) is 0 Å². The molecule has 10 unspecified atom stereocenters. The Kier molecular flexibility index (Phi) is 18.4. The summed E-state index contributed by atoms with van der Waals surface area (Å²) >= 11 is 0. The molecule has 0 radical (unpaired) electrons.